The van der Waals surface area contributed by atoms with Gasteiger partial charge in [-0.1, -0.05) is 0 Å². The fourth-order valence-electron chi connectivity index (χ4n) is 1.02. The fraction of sp³-hybridized carbons (Fsp3) is 0.125. The molecule has 2 rings (SSSR count). The molecule has 13 heavy (non-hydrogen) atoms. The summed E-state index contributed by atoms with van der Waals surface area (Å²) in [5.74, 6) is -1.48. The van der Waals surface area contributed by atoms with Crippen molar-refractivity contribution >= 4 is 17.1 Å². The molecule has 0 aliphatic carbocycles. The van der Waals surface area contributed by atoms with Crippen molar-refractivity contribution in [3.63, 3.8) is 0 Å². The summed E-state index contributed by atoms with van der Waals surface area (Å²) in [6.07, 6.45) is 1.49. The van der Waals surface area contributed by atoms with E-state index in [1.165, 1.54) is 6.20 Å². The lowest BCUT2D eigenvalue weighted by atomic mass is 10.3. The Hall–Kier alpha value is -1.91. The summed E-state index contributed by atoms with van der Waals surface area (Å²) in [6, 6.07) is 1.65. The summed E-state index contributed by atoms with van der Waals surface area (Å²) >= 11 is 0. The SMILES string of the molecule is Cc1cc2oc(C(=O)O)nc2cn1. The molecular weight excluding hydrogens is 172 g/mol. The van der Waals surface area contributed by atoms with E-state index >= 15 is 0 Å². The van der Waals surface area contributed by atoms with Crippen LogP contribution in [0.1, 0.15) is 16.4 Å². The number of hydrogen-bond acceptors (Lipinski definition) is 4. The van der Waals surface area contributed by atoms with Gasteiger partial charge < -0.3 is 9.52 Å². The van der Waals surface area contributed by atoms with Crippen molar-refractivity contribution in [2.75, 3.05) is 0 Å². The number of fused-ring (bicyclic) bond motifs is 1. The molecule has 0 aromatic carbocycles. The Labute approximate surface area is 73.0 Å². The largest absolute Gasteiger partial charge is 0.474 e. The van der Waals surface area contributed by atoms with Crippen molar-refractivity contribution in [1.82, 2.24) is 9.97 Å². The van der Waals surface area contributed by atoms with E-state index in [1.807, 2.05) is 0 Å². The topological polar surface area (TPSA) is 76.2 Å². The molecule has 0 radical (unpaired) electrons. The van der Waals surface area contributed by atoms with E-state index in [0.29, 0.717) is 11.1 Å². The van der Waals surface area contributed by atoms with Gasteiger partial charge in [0.15, 0.2) is 5.58 Å². The monoisotopic (exact) mass is 178 g/mol. The normalized spacial score (nSPS) is 10.5. The maximum absolute atomic E-state index is 10.5. The number of carboxylic acid groups (broad SMARTS) is 1. The summed E-state index contributed by atoms with van der Waals surface area (Å²) in [5, 5.41) is 8.58. The van der Waals surface area contributed by atoms with E-state index in [4.69, 9.17) is 9.52 Å². The molecule has 2 heterocycles. The van der Waals surface area contributed by atoms with E-state index in [2.05, 4.69) is 9.97 Å². The second-order valence-corrected chi connectivity index (χ2v) is 2.62. The Kier molecular flexibility index (Phi) is 1.51. The summed E-state index contributed by atoms with van der Waals surface area (Å²) in [5.41, 5.74) is 1.67. The molecule has 0 amide bonds. The molecule has 66 valence electrons. The van der Waals surface area contributed by atoms with E-state index in [9.17, 15) is 4.79 Å². The van der Waals surface area contributed by atoms with Crippen molar-refractivity contribution in [1.29, 1.82) is 0 Å². The molecule has 2 aromatic heterocycles. The minimum atomic E-state index is -1.17. The van der Waals surface area contributed by atoms with Crippen LogP contribution in [0.15, 0.2) is 16.7 Å². The van der Waals surface area contributed by atoms with E-state index in [1.54, 1.807) is 13.0 Å². The number of aromatic nitrogens is 2. The second-order valence-electron chi connectivity index (χ2n) is 2.62. The molecule has 0 aliphatic heterocycles. The van der Waals surface area contributed by atoms with Gasteiger partial charge in [0.25, 0.3) is 0 Å². The third kappa shape index (κ3) is 1.24. The number of rotatable bonds is 1. The van der Waals surface area contributed by atoms with Gasteiger partial charge in [0.1, 0.15) is 5.52 Å². The first-order valence-corrected chi connectivity index (χ1v) is 3.63. The minimum absolute atomic E-state index is 0.303. The maximum atomic E-state index is 10.5. The lowest BCUT2D eigenvalue weighted by Crippen LogP contribution is -1.94. The van der Waals surface area contributed by atoms with Crippen LogP contribution in [0.2, 0.25) is 0 Å². The Balaban J connectivity index is 2.68. The van der Waals surface area contributed by atoms with Crippen LogP contribution in [0.3, 0.4) is 0 Å². The Morgan fingerprint density at radius 3 is 3.08 bits per heavy atom. The second kappa shape index (κ2) is 2.55. The fourth-order valence-corrected chi connectivity index (χ4v) is 1.02. The smallest absolute Gasteiger partial charge is 0.392 e. The van der Waals surface area contributed by atoms with Gasteiger partial charge in [-0.2, -0.15) is 0 Å². The van der Waals surface area contributed by atoms with Crippen LogP contribution in [0.25, 0.3) is 11.1 Å². The zero-order valence-electron chi connectivity index (χ0n) is 6.81. The van der Waals surface area contributed by atoms with Crippen LogP contribution in [0.5, 0.6) is 0 Å². The molecule has 1 N–H and O–H groups in total. The van der Waals surface area contributed by atoms with Crippen molar-refractivity contribution in [2.45, 2.75) is 6.92 Å². The van der Waals surface area contributed by atoms with Crippen molar-refractivity contribution in [3.05, 3.63) is 23.8 Å². The molecule has 2 aromatic rings. The van der Waals surface area contributed by atoms with Gasteiger partial charge in [0.05, 0.1) is 6.20 Å². The highest BCUT2D eigenvalue weighted by Gasteiger charge is 2.12. The van der Waals surface area contributed by atoms with E-state index in [-0.39, 0.29) is 5.89 Å². The summed E-state index contributed by atoms with van der Waals surface area (Å²) < 4.78 is 4.96. The van der Waals surface area contributed by atoms with Crippen LogP contribution < -0.4 is 0 Å². The minimum Gasteiger partial charge on any atom is -0.474 e. The molecule has 0 spiro atoms. The van der Waals surface area contributed by atoms with Crippen LogP contribution in [-0.2, 0) is 0 Å². The molecule has 5 nitrogen and oxygen atoms in total. The zero-order valence-corrected chi connectivity index (χ0v) is 6.81. The number of carboxylic acids is 1. The highest BCUT2D eigenvalue weighted by Crippen LogP contribution is 2.14. The van der Waals surface area contributed by atoms with Crippen molar-refractivity contribution < 1.29 is 14.3 Å². The molecule has 0 atom stereocenters. The van der Waals surface area contributed by atoms with E-state index < -0.39 is 5.97 Å². The predicted molar refractivity (Wildman–Crippen MR) is 43.5 cm³/mol. The first-order valence-electron chi connectivity index (χ1n) is 3.63. The van der Waals surface area contributed by atoms with Gasteiger partial charge in [-0.3, -0.25) is 4.98 Å². The third-order valence-corrected chi connectivity index (χ3v) is 1.59. The Morgan fingerprint density at radius 2 is 2.38 bits per heavy atom. The quantitative estimate of drug-likeness (QED) is 0.710. The lowest BCUT2D eigenvalue weighted by Gasteiger charge is -1.87. The number of aromatic carboxylic acids is 1. The number of nitrogens with zero attached hydrogens (tertiary/aromatic N) is 2. The molecule has 5 heteroatoms. The van der Waals surface area contributed by atoms with Crippen LogP contribution >= 0.6 is 0 Å². The molecule has 0 saturated carbocycles. The number of pyridine rings is 1. The van der Waals surface area contributed by atoms with Crippen LogP contribution in [-0.4, -0.2) is 21.0 Å². The highest BCUT2D eigenvalue weighted by atomic mass is 16.4. The zero-order chi connectivity index (χ0) is 9.42. The molecular formula is C8H6N2O3. The first kappa shape index (κ1) is 7.72. The van der Waals surface area contributed by atoms with Gasteiger partial charge in [-0.15, -0.1) is 0 Å². The van der Waals surface area contributed by atoms with Crippen LogP contribution in [0, 0.1) is 6.92 Å². The van der Waals surface area contributed by atoms with Gasteiger partial charge in [-0.25, -0.2) is 9.78 Å². The van der Waals surface area contributed by atoms with Crippen molar-refractivity contribution in [3.8, 4) is 0 Å². The van der Waals surface area contributed by atoms with E-state index in [0.717, 1.165) is 5.69 Å². The third-order valence-electron chi connectivity index (χ3n) is 1.59. The first-order chi connectivity index (χ1) is 6.16. The number of aryl methyl sites for hydroxylation is 1. The summed E-state index contributed by atoms with van der Waals surface area (Å²) in [4.78, 5) is 18.2. The van der Waals surface area contributed by atoms with Gasteiger partial charge in [0.2, 0.25) is 0 Å². The maximum Gasteiger partial charge on any atom is 0.392 e. The number of oxazole rings is 1. The van der Waals surface area contributed by atoms with Gasteiger partial charge >= 0.3 is 11.9 Å². The van der Waals surface area contributed by atoms with Crippen LogP contribution in [0.4, 0.5) is 0 Å². The molecule has 0 aliphatic rings. The highest BCUT2D eigenvalue weighted by molar-refractivity contribution is 5.86. The molecule has 0 saturated heterocycles. The van der Waals surface area contributed by atoms with Crippen molar-refractivity contribution in [2.24, 2.45) is 0 Å². The van der Waals surface area contributed by atoms with Gasteiger partial charge in [-0.05, 0) is 6.92 Å². The van der Waals surface area contributed by atoms with Gasteiger partial charge in [0, 0.05) is 11.8 Å². The molecule has 0 fully saturated rings. The summed E-state index contributed by atoms with van der Waals surface area (Å²) in [6.45, 7) is 1.79. The summed E-state index contributed by atoms with van der Waals surface area (Å²) in [7, 11) is 0. The predicted octanol–water partition coefficient (Wildman–Crippen LogP) is 1.23. The Bertz CT molecular complexity index is 475. The Morgan fingerprint density at radius 1 is 1.62 bits per heavy atom. The lowest BCUT2D eigenvalue weighted by molar-refractivity contribution is 0.0656. The average Bonchev–Trinajstić information content (AvgIpc) is 2.46. The molecule has 0 bridgehead atoms. The molecule has 0 unspecified atom stereocenters. The number of carbonyl (C=O) groups is 1. The number of hydrogen-bond donors (Lipinski definition) is 1. The standard InChI is InChI=1S/C8H6N2O3/c1-4-2-6-5(3-9-4)10-7(13-6)8(11)12/h2-3H,1H3,(H,11,12). The average molecular weight is 178 g/mol.